The second kappa shape index (κ2) is 6.18. The van der Waals surface area contributed by atoms with E-state index in [0.29, 0.717) is 11.1 Å². The number of rotatable bonds is 5. The van der Waals surface area contributed by atoms with E-state index in [-0.39, 0.29) is 0 Å². The van der Waals surface area contributed by atoms with Crippen molar-refractivity contribution in [2.24, 2.45) is 0 Å². The molecule has 0 radical (unpaired) electrons. The van der Waals surface area contributed by atoms with Crippen molar-refractivity contribution in [1.82, 2.24) is 9.55 Å². The van der Waals surface area contributed by atoms with E-state index in [4.69, 9.17) is 23.2 Å². The highest BCUT2D eigenvalue weighted by atomic mass is 35.5. The number of nitrogens with zero attached hydrogens (tertiary/aromatic N) is 2. The minimum atomic E-state index is 0.537. The Balaban J connectivity index is 2.49. The molecule has 0 aliphatic heterocycles. The first-order valence-electron chi connectivity index (χ1n) is 5.89. The highest BCUT2D eigenvalue weighted by Crippen LogP contribution is 2.23. The van der Waals surface area contributed by atoms with Gasteiger partial charge in [0.25, 0.3) is 0 Å². The molecule has 98 valence electrons. The van der Waals surface area contributed by atoms with Crippen LogP contribution >= 0.6 is 35.0 Å². The molecule has 2 nitrogen and oxygen atoms in total. The fourth-order valence-electron chi connectivity index (χ4n) is 1.96. The van der Waals surface area contributed by atoms with Crippen LogP contribution in [0.2, 0.25) is 5.02 Å². The number of imidazole rings is 1. The van der Waals surface area contributed by atoms with Gasteiger partial charge in [0.2, 0.25) is 0 Å². The van der Waals surface area contributed by atoms with E-state index in [9.17, 15) is 0 Å². The fourth-order valence-corrected chi connectivity index (χ4v) is 2.59. The second-order valence-corrected chi connectivity index (χ2v) is 6.35. The largest absolute Gasteiger partial charge is 0.327 e. The lowest BCUT2D eigenvalue weighted by molar-refractivity contribution is 0.672. The van der Waals surface area contributed by atoms with Crippen LogP contribution < -0.4 is 0 Å². The molecule has 2 aromatic rings. The lowest BCUT2D eigenvalue weighted by Crippen LogP contribution is -2.12. The molecule has 5 heteroatoms. The molecular formula is C13H16Cl2N2S. The predicted octanol–water partition coefficient (Wildman–Crippen LogP) is 4.22. The zero-order valence-electron chi connectivity index (χ0n) is 10.5. The second-order valence-electron chi connectivity index (χ2n) is 4.26. The Bertz CT molecular complexity index is 539. The monoisotopic (exact) mass is 302 g/mol. The Morgan fingerprint density at radius 2 is 2.22 bits per heavy atom. The van der Waals surface area contributed by atoms with E-state index in [1.807, 2.05) is 30.0 Å². The molecule has 0 saturated carbocycles. The minimum Gasteiger partial charge on any atom is -0.327 e. The van der Waals surface area contributed by atoms with Crippen LogP contribution in [0.3, 0.4) is 0 Å². The number of halogens is 2. The van der Waals surface area contributed by atoms with Crippen LogP contribution in [0.5, 0.6) is 0 Å². The van der Waals surface area contributed by atoms with Crippen LogP contribution in [0.1, 0.15) is 12.7 Å². The van der Waals surface area contributed by atoms with Gasteiger partial charge in [0.15, 0.2) is 0 Å². The summed E-state index contributed by atoms with van der Waals surface area (Å²) in [7, 11) is 0. The number of thioether (sulfide) groups is 1. The molecule has 0 spiro atoms. The first-order chi connectivity index (χ1) is 8.65. The molecule has 0 amide bonds. The molecule has 2 rings (SSSR count). The molecule has 0 saturated heterocycles. The van der Waals surface area contributed by atoms with Gasteiger partial charge in [0, 0.05) is 29.1 Å². The van der Waals surface area contributed by atoms with Crippen LogP contribution in [0.4, 0.5) is 0 Å². The Kier molecular flexibility index (Phi) is 4.82. The first-order valence-corrected chi connectivity index (χ1v) is 8.09. The topological polar surface area (TPSA) is 17.8 Å². The number of fused-ring (bicyclic) bond motifs is 1. The summed E-state index contributed by atoms with van der Waals surface area (Å²) < 4.78 is 2.24. The highest BCUT2D eigenvalue weighted by Gasteiger charge is 2.12. The SMILES string of the molecule is CSC(C)Cn1c(CCCl)nc2ccc(Cl)cc21. The van der Waals surface area contributed by atoms with Gasteiger partial charge >= 0.3 is 0 Å². The molecular weight excluding hydrogens is 287 g/mol. The molecule has 0 N–H and O–H groups in total. The molecule has 1 atom stereocenters. The Morgan fingerprint density at radius 1 is 1.44 bits per heavy atom. The number of alkyl halides is 1. The van der Waals surface area contributed by atoms with Gasteiger partial charge < -0.3 is 4.57 Å². The van der Waals surface area contributed by atoms with Crippen molar-refractivity contribution in [3.63, 3.8) is 0 Å². The molecule has 1 unspecified atom stereocenters. The first kappa shape index (κ1) is 14.0. The van der Waals surface area contributed by atoms with Crippen LogP contribution in [-0.2, 0) is 13.0 Å². The fraction of sp³-hybridized carbons (Fsp3) is 0.462. The van der Waals surface area contributed by atoms with Gasteiger partial charge in [-0.3, -0.25) is 0 Å². The highest BCUT2D eigenvalue weighted by molar-refractivity contribution is 7.99. The van der Waals surface area contributed by atoms with Gasteiger partial charge in [0.05, 0.1) is 11.0 Å². The van der Waals surface area contributed by atoms with Crippen molar-refractivity contribution in [3.05, 3.63) is 29.0 Å². The molecule has 1 aromatic carbocycles. The summed E-state index contributed by atoms with van der Waals surface area (Å²) >= 11 is 13.8. The Hall–Kier alpha value is -0.380. The van der Waals surface area contributed by atoms with E-state index in [0.717, 1.165) is 34.8 Å². The maximum Gasteiger partial charge on any atom is 0.111 e. The number of hydrogen-bond acceptors (Lipinski definition) is 2. The van der Waals surface area contributed by atoms with Crippen LogP contribution in [0.25, 0.3) is 11.0 Å². The summed E-state index contributed by atoms with van der Waals surface area (Å²) in [6.07, 6.45) is 2.91. The summed E-state index contributed by atoms with van der Waals surface area (Å²) in [4.78, 5) is 4.64. The van der Waals surface area contributed by atoms with Gasteiger partial charge in [-0.2, -0.15) is 11.8 Å². The normalized spacial score (nSPS) is 13.1. The summed E-state index contributed by atoms with van der Waals surface area (Å²) in [5.74, 6) is 1.63. The molecule has 0 aliphatic rings. The van der Waals surface area contributed by atoms with E-state index in [2.05, 4.69) is 22.7 Å². The quantitative estimate of drug-likeness (QED) is 0.770. The summed E-state index contributed by atoms with van der Waals surface area (Å²) in [5.41, 5.74) is 2.09. The van der Waals surface area contributed by atoms with Crippen molar-refractivity contribution in [2.75, 3.05) is 12.1 Å². The lowest BCUT2D eigenvalue weighted by atomic mass is 10.3. The van der Waals surface area contributed by atoms with E-state index in [1.54, 1.807) is 0 Å². The Labute approximate surface area is 122 Å². The maximum atomic E-state index is 6.08. The average Bonchev–Trinajstić information content (AvgIpc) is 2.68. The van der Waals surface area contributed by atoms with Gasteiger partial charge in [-0.1, -0.05) is 18.5 Å². The van der Waals surface area contributed by atoms with Crippen molar-refractivity contribution in [2.45, 2.75) is 25.1 Å². The smallest absolute Gasteiger partial charge is 0.111 e. The zero-order valence-corrected chi connectivity index (χ0v) is 12.8. The van der Waals surface area contributed by atoms with Crippen LogP contribution in [-0.4, -0.2) is 26.9 Å². The van der Waals surface area contributed by atoms with Gasteiger partial charge in [0.1, 0.15) is 5.82 Å². The number of hydrogen-bond donors (Lipinski definition) is 0. The minimum absolute atomic E-state index is 0.537. The maximum absolute atomic E-state index is 6.08. The van der Waals surface area contributed by atoms with Crippen molar-refractivity contribution >= 4 is 46.0 Å². The molecule has 0 fully saturated rings. The van der Waals surface area contributed by atoms with Crippen LogP contribution in [0, 0.1) is 0 Å². The molecule has 0 bridgehead atoms. The number of aromatic nitrogens is 2. The van der Waals surface area contributed by atoms with E-state index >= 15 is 0 Å². The van der Waals surface area contributed by atoms with Gasteiger partial charge in [-0.25, -0.2) is 4.98 Å². The lowest BCUT2D eigenvalue weighted by Gasteiger charge is -2.13. The van der Waals surface area contributed by atoms with Gasteiger partial charge in [-0.05, 0) is 24.5 Å². The summed E-state index contributed by atoms with van der Waals surface area (Å²) in [6, 6.07) is 5.83. The molecule has 0 aliphatic carbocycles. The third-order valence-corrected chi connectivity index (χ3v) is 4.33. The average molecular weight is 303 g/mol. The predicted molar refractivity (Wildman–Crippen MR) is 82.1 cm³/mol. The number of aryl methyl sites for hydroxylation is 1. The zero-order chi connectivity index (χ0) is 13.1. The van der Waals surface area contributed by atoms with Crippen molar-refractivity contribution in [1.29, 1.82) is 0 Å². The van der Waals surface area contributed by atoms with Crippen LogP contribution in [0.15, 0.2) is 18.2 Å². The molecule has 1 aromatic heterocycles. The Morgan fingerprint density at radius 3 is 2.89 bits per heavy atom. The molecule has 1 heterocycles. The number of benzene rings is 1. The van der Waals surface area contributed by atoms with E-state index in [1.165, 1.54) is 0 Å². The summed E-state index contributed by atoms with van der Waals surface area (Å²) in [6.45, 7) is 3.15. The third kappa shape index (κ3) is 2.95. The van der Waals surface area contributed by atoms with Gasteiger partial charge in [-0.15, -0.1) is 11.6 Å². The van der Waals surface area contributed by atoms with Crippen molar-refractivity contribution in [3.8, 4) is 0 Å². The summed E-state index contributed by atoms with van der Waals surface area (Å²) in [5, 5.41) is 1.29. The standard InChI is InChI=1S/C13H16Cl2N2S/c1-9(18-2)8-17-12-7-10(15)3-4-11(12)16-13(17)5-6-14/h3-4,7,9H,5-6,8H2,1-2H3. The molecule has 18 heavy (non-hydrogen) atoms. The van der Waals surface area contributed by atoms with E-state index < -0.39 is 0 Å². The third-order valence-electron chi connectivity index (χ3n) is 2.95. The van der Waals surface area contributed by atoms with Crippen molar-refractivity contribution < 1.29 is 0 Å².